The summed E-state index contributed by atoms with van der Waals surface area (Å²) in [6, 6.07) is 12.3. The number of carbonyl (C=O) groups excluding carboxylic acids is 2. The molecule has 0 aromatic heterocycles. The van der Waals surface area contributed by atoms with E-state index in [1.54, 1.807) is 36.4 Å². The van der Waals surface area contributed by atoms with Crippen LogP contribution in [0, 0.1) is 0 Å². The highest BCUT2D eigenvalue weighted by Crippen LogP contribution is 2.37. The summed E-state index contributed by atoms with van der Waals surface area (Å²) in [4.78, 5) is 25.2. The van der Waals surface area contributed by atoms with Crippen LogP contribution in [0.25, 0.3) is 6.08 Å². The minimum absolute atomic E-state index is 0.00628. The topological polar surface area (TPSA) is 58.6 Å². The van der Waals surface area contributed by atoms with Gasteiger partial charge < -0.3 is 4.74 Å². The zero-order chi connectivity index (χ0) is 19.8. The summed E-state index contributed by atoms with van der Waals surface area (Å²) in [5.41, 5.74) is 3.23. The quantitative estimate of drug-likeness (QED) is 0.544. The van der Waals surface area contributed by atoms with Crippen molar-refractivity contribution in [1.29, 1.82) is 0 Å². The number of rotatable bonds is 3. The highest BCUT2D eigenvalue weighted by molar-refractivity contribution is 9.10. The average Bonchev–Trinajstić information content (AvgIpc) is 2.86. The number of nitrogens with one attached hydrogen (secondary N) is 1. The summed E-state index contributed by atoms with van der Waals surface area (Å²) in [5.74, 6) is -0.413. The monoisotopic (exact) mass is 448 g/mol. The lowest BCUT2D eigenvalue weighted by atomic mass is 10.1. The van der Waals surface area contributed by atoms with Crippen LogP contribution in [0.4, 0.5) is 5.69 Å². The molecule has 1 aliphatic heterocycles. The van der Waals surface area contributed by atoms with Gasteiger partial charge in [0.05, 0.1) is 10.2 Å². The van der Waals surface area contributed by atoms with Crippen LogP contribution in [-0.4, -0.2) is 17.4 Å². The number of hydrazine groups is 1. The number of benzene rings is 2. The number of para-hydroxylation sites is 1. The number of carbonyl (C=O) groups is 2. The molecular weight excluding hydrogens is 432 g/mol. The minimum Gasteiger partial charge on any atom is -0.486 e. The van der Waals surface area contributed by atoms with E-state index in [-0.39, 0.29) is 5.57 Å². The summed E-state index contributed by atoms with van der Waals surface area (Å²) in [6.07, 6.45) is 1.50. The highest BCUT2D eigenvalue weighted by atomic mass is 79.9. The van der Waals surface area contributed by atoms with Crippen LogP contribution in [0.15, 0.2) is 52.5 Å². The van der Waals surface area contributed by atoms with Gasteiger partial charge in [0.15, 0.2) is 0 Å². The first-order chi connectivity index (χ1) is 12.7. The molecule has 1 aliphatic rings. The Morgan fingerprint density at radius 2 is 1.81 bits per heavy atom. The molecule has 1 N–H and O–H groups in total. The van der Waals surface area contributed by atoms with Gasteiger partial charge in [0, 0.05) is 10.6 Å². The molecule has 2 aromatic rings. The lowest BCUT2D eigenvalue weighted by Crippen LogP contribution is -2.35. The van der Waals surface area contributed by atoms with Crippen LogP contribution in [-0.2, 0) is 9.59 Å². The summed E-state index contributed by atoms with van der Waals surface area (Å²) < 4.78 is 6.65. The van der Waals surface area contributed by atoms with Crippen molar-refractivity contribution in [3.05, 3.63) is 63.1 Å². The minimum atomic E-state index is -0.485. The third-order valence-corrected chi connectivity index (χ3v) is 4.46. The Hall–Kier alpha value is -2.31. The predicted octanol–water partition coefficient (Wildman–Crippen LogP) is 4.74. The maximum atomic E-state index is 12.8. The van der Waals surface area contributed by atoms with Crippen LogP contribution in [0.1, 0.15) is 26.3 Å². The lowest BCUT2D eigenvalue weighted by Gasteiger charge is -2.24. The van der Waals surface area contributed by atoms with Crippen LogP contribution in [0.3, 0.4) is 0 Å². The summed E-state index contributed by atoms with van der Waals surface area (Å²) in [7, 11) is 0. The fourth-order valence-electron chi connectivity index (χ4n) is 2.57. The van der Waals surface area contributed by atoms with Crippen molar-refractivity contribution in [2.45, 2.75) is 26.4 Å². The van der Waals surface area contributed by atoms with Crippen LogP contribution >= 0.6 is 27.5 Å². The van der Waals surface area contributed by atoms with E-state index in [2.05, 4.69) is 21.4 Å². The first-order valence-electron chi connectivity index (χ1n) is 8.26. The smallest absolute Gasteiger partial charge is 0.282 e. The molecule has 7 heteroatoms. The molecule has 27 heavy (non-hydrogen) atoms. The Bertz CT molecular complexity index is 936. The Morgan fingerprint density at radius 1 is 1.15 bits per heavy atom. The molecule has 0 saturated carbocycles. The van der Waals surface area contributed by atoms with Gasteiger partial charge in [-0.2, -0.15) is 0 Å². The molecule has 3 rings (SSSR count). The van der Waals surface area contributed by atoms with E-state index in [0.717, 1.165) is 0 Å². The van der Waals surface area contributed by atoms with Crippen molar-refractivity contribution in [3.8, 4) is 5.75 Å². The molecule has 0 spiro atoms. The lowest BCUT2D eigenvalue weighted by molar-refractivity contribution is -0.117. The maximum Gasteiger partial charge on any atom is 0.282 e. The molecule has 0 bridgehead atoms. The van der Waals surface area contributed by atoms with Crippen molar-refractivity contribution in [2.24, 2.45) is 0 Å². The number of halogens is 2. The van der Waals surface area contributed by atoms with Gasteiger partial charge in [-0.25, -0.2) is 5.01 Å². The zero-order valence-corrected chi connectivity index (χ0v) is 17.4. The van der Waals surface area contributed by atoms with Gasteiger partial charge in [0.1, 0.15) is 16.9 Å². The first kappa shape index (κ1) is 19.5. The predicted molar refractivity (Wildman–Crippen MR) is 110 cm³/mol. The van der Waals surface area contributed by atoms with E-state index in [1.807, 2.05) is 26.8 Å². The molecule has 2 aromatic carbocycles. The standard InChI is InChI=1S/C20H18BrClN2O3/c1-20(2,3)27-17-12(9-13(22)11-16(17)21)10-15-18(25)23-24(19(15)26)14-7-5-4-6-8-14/h4-11H,1-3H3,(H,23,25)/b15-10-. The van der Waals surface area contributed by atoms with Gasteiger partial charge in [-0.3, -0.25) is 15.0 Å². The summed E-state index contributed by atoms with van der Waals surface area (Å²) in [6.45, 7) is 5.74. The molecule has 1 heterocycles. The molecule has 1 saturated heterocycles. The normalized spacial score (nSPS) is 16.0. The average molecular weight is 450 g/mol. The molecule has 1 fully saturated rings. The molecule has 0 atom stereocenters. The van der Waals surface area contributed by atoms with Gasteiger partial charge >= 0.3 is 0 Å². The number of amides is 2. The largest absolute Gasteiger partial charge is 0.486 e. The van der Waals surface area contributed by atoms with E-state index < -0.39 is 17.4 Å². The van der Waals surface area contributed by atoms with Gasteiger partial charge in [-0.05, 0) is 67.0 Å². The summed E-state index contributed by atoms with van der Waals surface area (Å²) >= 11 is 9.61. The molecular formula is C20H18BrClN2O3. The molecule has 0 unspecified atom stereocenters. The fourth-order valence-corrected chi connectivity index (χ4v) is 3.49. The van der Waals surface area contributed by atoms with Crippen molar-refractivity contribution >= 4 is 51.1 Å². The third kappa shape index (κ3) is 4.34. The van der Waals surface area contributed by atoms with E-state index in [9.17, 15) is 9.59 Å². The van der Waals surface area contributed by atoms with Gasteiger partial charge in [0.25, 0.3) is 11.8 Å². The number of ether oxygens (including phenoxy) is 1. The van der Waals surface area contributed by atoms with E-state index in [4.69, 9.17) is 16.3 Å². The van der Waals surface area contributed by atoms with Crippen LogP contribution in [0.5, 0.6) is 5.75 Å². The highest BCUT2D eigenvalue weighted by Gasteiger charge is 2.34. The van der Waals surface area contributed by atoms with Crippen molar-refractivity contribution < 1.29 is 14.3 Å². The Labute approximate surface area is 171 Å². The van der Waals surface area contributed by atoms with Gasteiger partial charge in [-0.1, -0.05) is 29.8 Å². The molecule has 2 amide bonds. The van der Waals surface area contributed by atoms with Gasteiger partial charge in [-0.15, -0.1) is 0 Å². The number of hydrogen-bond acceptors (Lipinski definition) is 3. The Balaban J connectivity index is 2.04. The second-order valence-electron chi connectivity index (χ2n) is 7.00. The second-order valence-corrected chi connectivity index (χ2v) is 8.29. The summed E-state index contributed by atoms with van der Waals surface area (Å²) in [5, 5.41) is 1.68. The molecule has 0 aliphatic carbocycles. The maximum absolute atomic E-state index is 12.8. The Morgan fingerprint density at radius 3 is 2.44 bits per heavy atom. The second kappa shape index (κ2) is 7.37. The molecule has 0 radical (unpaired) electrons. The first-order valence-corrected chi connectivity index (χ1v) is 9.43. The van der Waals surface area contributed by atoms with Crippen molar-refractivity contribution in [2.75, 3.05) is 5.01 Å². The van der Waals surface area contributed by atoms with Crippen molar-refractivity contribution in [1.82, 2.24) is 5.43 Å². The zero-order valence-electron chi connectivity index (χ0n) is 15.0. The van der Waals surface area contributed by atoms with Gasteiger partial charge in [0.2, 0.25) is 0 Å². The molecule has 5 nitrogen and oxygen atoms in total. The number of hydrogen-bond donors (Lipinski definition) is 1. The van der Waals surface area contributed by atoms with E-state index >= 15 is 0 Å². The number of anilines is 1. The molecule has 140 valence electrons. The van der Waals surface area contributed by atoms with Crippen molar-refractivity contribution in [3.63, 3.8) is 0 Å². The van der Waals surface area contributed by atoms with E-state index in [1.165, 1.54) is 11.1 Å². The fraction of sp³-hybridized carbons (Fsp3) is 0.200. The SMILES string of the molecule is CC(C)(C)Oc1c(Br)cc(Cl)cc1/C=C1/C(=O)NN(c2ccccc2)C1=O. The number of nitrogens with zero attached hydrogens (tertiary/aromatic N) is 1. The van der Waals surface area contributed by atoms with E-state index in [0.29, 0.717) is 26.5 Å². The Kier molecular flexibility index (Phi) is 5.31. The third-order valence-electron chi connectivity index (χ3n) is 3.65. The van der Waals surface area contributed by atoms with Crippen LogP contribution < -0.4 is 15.2 Å². The van der Waals surface area contributed by atoms with Crippen LogP contribution in [0.2, 0.25) is 5.02 Å².